The van der Waals surface area contributed by atoms with Crippen LogP contribution in [-0.4, -0.2) is 23.8 Å². The number of nitrogens with one attached hydrogen (secondary N) is 1. The fourth-order valence-electron chi connectivity index (χ4n) is 4.28. The molecular weight excluding hydrogens is 494 g/mol. The maximum absolute atomic E-state index is 14.0. The average Bonchev–Trinajstić information content (AvgIpc) is 3.32. The second kappa shape index (κ2) is 9.03. The van der Waals surface area contributed by atoms with Crippen LogP contribution in [0, 0.1) is 0 Å². The number of amides is 2. The van der Waals surface area contributed by atoms with Gasteiger partial charge in [-0.3, -0.25) is 9.59 Å². The van der Waals surface area contributed by atoms with Gasteiger partial charge in [0.15, 0.2) is 0 Å². The van der Waals surface area contributed by atoms with Crippen LogP contribution in [0.15, 0.2) is 60.0 Å². The summed E-state index contributed by atoms with van der Waals surface area (Å²) in [7, 11) is 1.24. The second-order valence-electron chi connectivity index (χ2n) is 8.02. The normalized spacial score (nSPS) is 18.4. The maximum Gasteiger partial charge on any atom is 0.416 e. The van der Waals surface area contributed by atoms with Crippen molar-refractivity contribution in [3.05, 3.63) is 92.7 Å². The number of fused-ring (bicyclic) bond motifs is 1. The van der Waals surface area contributed by atoms with Gasteiger partial charge in [-0.1, -0.05) is 30.3 Å². The topological polar surface area (TPSA) is 49.4 Å². The van der Waals surface area contributed by atoms with Crippen LogP contribution in [0.3, 0.4) is 0 Å². The fourth-order valence-corrected chi connectivity index (χ4v) is 4.92. The van der Waals surface area contributed by atoms with Crippen molar-refractivity contribution in [1.82, 2.24) is 10.2 Å². The Balaban J connectivity index is 1.87. The minimum absolute atomic E-state index is 0.0226. The summed E-state index contributed by atoms with van der Waals surface area (Å²) in [5.74, 6) is -2.57. The van der Waals surface area contributed by atoms with E-state index in [0.29, 0.717) is 12.1 Å². The Morgan fingerprint density at radius 1 is 0.971 bits per heavy atom. The van der Waals surface area contributed by atoms with Gasteiger partial charge in [0.05, 0.1) is 29.6 Å². The number of thiophene rings is 1. The molecule has 2 amide bonds. The summed E-state index contributed by atoms with van der Waals surface area (Å²) in [4.78, 5) is 28.2. The molecule has 3 aromatic rings. The second-order valence-corrected chi connectivity index (χ2v) is 9.05. The van der Waals surface area contributed by atoms with E-state index in [1.807, 2.05) is 0 Å². The quantitative estimate of drug-likeness (QED) is 0.435. The van der Waals surface area contributed by atoms with Crippen molar-refractivity contribution >= 4 is 23.2 Å². The van der Waals surface area contributed by atoms with E-state index in [9.17, 15) is 35.9 Å². The van der Waals surface area contributed by atoms with E-state index in [-0.39, 0.29) is 23.7 Å². The van der Waals surface area contributed by atoms with Gasteiger partial charge in [0.25, 0.3) is 5.91 Å². The standard InChI is InChI=1S/C24H18F6N2O2S/c1-32-20(17-9-8-13(23(25,26)27)11-18(17)24(28,29)30)19(15-6-2-3-7-16(15)22(32)34)21(33)31-12-14-5-4-10-35-14/h2-11,19-20H,12H2,1H3,(H,31,33). The molecule has 4 rings (SSSR count). The molecule has 1 aliphatic rings. The summed E-state index contributed by atoms with van der Waals surface area (Å²) in [6, 6.07) is 9.35. The van der Waals surface area contributed by atoms with Crippen molar-refractivity contribution in [2.75, 3.05) is 7.05 Å². The first-order valence-electron chi connectivity index (χ1n) is 10.3. The number of nitrogens with zero attached hydrogens (tertiary/aromatic N) is 1. The largest absolute Gasteiger partial charge is 0.416 e. The van der Waals surface area contributed by atoms with E-state index in [1.54, 1.807) is 29.6 Å². The Morgan fingerprint density at radius 2 is 1.69 bits per heavy atom. The lowest BCUT2D eigenvalue weighted by atomic mass is 9.78. The number of likely N-dealkylation sites (N-methyl/N-ethyl adjacent to an activating group) is 1. The summed E-state index contributed by atoms with van der Waals surface area (Å²) in [6.07, 6.45) is -10.2. The summed E-state index contributed by atoms with van der Waals surface area (Å²) < 4.78 is 81.6. The molecule has 0 fully saturated rings. The number of carbonyl (C=O) groups is 2. The summed E-state index contributed by atoms with van der Waals surface area (Å²) in [5.41, 5.74) is -3.27. The molecule has 2 unspecified atom stereocenters. The highest BCUT2D eigenvalue weighted by atomic mass is 32.1. The minimum atomic E-state index is -5.16. The van der Waals surface area contributed by atoms with E-state index < -0.39 is 52.8 Å². The van der Waals surface area contributed by atoms with Crippen LogP contribution >= 0.6 is 11.3 Å². The molecule has 2 aromatic carbocycles. The first-order chi connectivity index (χ1) is 16.4. The molecule has 2 atom stereocenters. The lowest BCUT2D eigenvalue weighted by Crippen LogP contribution is -2.46. The van der Waals surface area contributed by atoms with Crippen LogP contribution in [0.1, 0.15) is 49.4 Å². The number of hydrogen-bond donors (Lipinski definition) is 1. The molecule has 35 heavy (non-hydrogen) atoms. The molecule has 0 spiro atoms. The first kappa shape index (κ1) is 24.8. The van der Waals surface area contributed by atoms with E-state index in [4.69, 9.17) is 0 Å². The molecule has 1 aromatic heterocycles. The minimum Gasteiger partial charge on any atom is -0.351 e. The van der Waals surface area contributed by atoms with Crippen molar-refractivity contribution in [2.24, 2.45) is 0 Å². The molecule has 1 aliphatic heterocycles. The Morgan fingerprint density at radius 3 is 2.31 bits per heavy atom. The summed E-state index contributed by atoms with van der Waals surface area (Å²) >= 11 is 1.37. The smallest absolute Gasteiger partial charge is 0.351 e. The van der Waals surface area contributed by atoms with Gasteiger partial charge in [-0.15, -0.1) is 11.3 Å². The molecule has 0 saturated heterocycles. The summed E-state index contributed by atoms with van der Waals surface area (Å²) in [5, 5.41) is 4.49. The molecule has 0 bridgehead atoms. The van der Waals surface area contributed by atoms with Gasteiger partial charge < -0.3 is 10.2 Å². The lowest BCUT2D eigenvalue weighted by Gasteiger charge is -2.40. The fraction of sp³-hybridized carbons (Fsp3) is 0.250. The molecule has 0 radical (unpaired) electrons. The molecule has 4 nitrogen and oxygen atoms in total. The van der Waals surface area contributed by atoms with Gasteiger partial charge in [-0.25, -0.2) is 0 Å². The van der Waals surface area contributed by atoms with E-state index in [1.165, 1.54) is 30.5 Å². The summed E-state index contributed by atoms with van der Waals surface area (Å²) in [6.45, 7) is 0.110. The van der Waals surface area contributed by atoms with Crippen LogP contribution in [-0.2, 0) is 23.7 Å². The Kier molecular flexibility index (Phi) is 6.39. The predicted molar refractivity (Wildman–Crippen MR) is 117 cm³/mol. The highest BCUT2D eigenvalue weighted by Crippen LogP contribution is 2.47. The zero-order valence-electron chi connectivity index (χ0n) is 18.1. The Bertz CT molecular complexity index is 1250. The third-order valence-electron chi connectivity index (χ3n) is 5.88. The van der Waals surface area contributed by atoms with Crippen molar-refractivity contribution in [1.29, 1.82) is 0 Å². The third kappa shape index (κ3) is 4.77. The lowest BCUT2D eigenvalue weighted by molar-refractivity contribution is -0.144. The zero-order valence-corrected chi connectivity index (χ0v) is 18.9. The molecule has 0 aliphatic carbocycles. The van der Waals surface area contributed by atoms with E-state index >= 15 is 0 Å². The number of carbonyl (C=O) groups excluding carboxylic acids is 2. The molecule has 0 saturated carbocycles. The van der Waals surface area contributed by atoms with Crippen LogP contribution in [0.25, 0.3) is 0 Å². The maximum atomic E-state index is 14.0. The first-order valence-corrected chi connectivity index (χ1v) is 11.2. The predicted octanol–water partition coefficient (Wildman–Crippen LogP) is 6.01. The van der Waals surface area contributed by atoms with Gasteiger partial charge in [0.1, 0.15) is 0 Å². The third-order valence-corrected chi connectivity index (χ3v) is 6.76. The number of rotatable bonds is 4. The van der Waals surface area contributed by atoms with Crippen LogP contribution in [0.4, 0.5) is 26.3 Å². The van der Waals surface area contributed by atoms with Crippen LogP contribution in [0.2, 0.25) is 0 Å². The van der Waals surface area contributed by atoms with Crippen molar-refractivity contribution in [3.8, 4) is 0 Å². The van der Waals surface area contributed by atoms with Gasteiger partial charge in [-0.05, 0) is 40.8 Å². The zero-order chi connectivity index (χ0) is 25.5. The van der Waals surface area contributed by atoms with Crippen LogP contribution < -0.4 is 5.32 Å². The van der Waals surface area contributed by atoms with E-state index in [0.717, 1.165) is 9.78 Å². The van der Waals surface area contributed by atoms with Gasteiger partial charge >= 0.3 is 12.4 Å². The number of halogens is 6. The van der Waals surface area contributed by atoms with E-state index in [2.05, 4.69) is 5.32 Å². The number of benzene rings is 2. The monoisotopic (exact) mass is 512 g/mol. The van der Waals surface area contributed by atoms with Gasteiger partial charge in [-0.2, -0.15) is 26.3 Å². The number of hydrogen-bond acceptors (Lipinski definition) is 3. The van der Waals surface area contributed by atoms with Crippen LogP contribution in [0.5, 0.6) is 0 Å². The Labute approximate surface area is 200 Å². The molecular formula is C24H18F6N2O2S. The molecule has 11 heteroatoms. The van der Waals surface area contributed by atoms with Gasteiger partial charge in [0.2, 0.25) is 5.91 Å². The average molecular weight is 512 g/mol. The van der Waals surface area contributed by atoms with Crippen molar-refractivity contribution < 1.29 is 35.9 Å². The number of alkyl halides is 6. The molecule has 1 N–H and O–H groups in total. The van der Waals surface area contributed by atoms with Crippen molar-refractivity contribution in [3.63, 3.8) is 0 Å². The highest BCUT2D eigenvalue weighted by molar-refractivity contribution is 7.09. The Hall–Kier alpha value is -3.34. The molecule has 184 valence electrons. The van der Waals surface area contributed by atoms with Crippen molar-refractivity contribution in [2.45, 2.75) is 30.9 Å². The van der Waals surface area contributed by atoms with Gasteiger partial charge in [0, 0.05) is 17.5 Å². The molecule has 2 heterocycles. The SMILES string of the molecule is CN1C(=O)c2ccccc2C(C(=O)NCc2cccs2)C1c1ccc(C(F)(F)F)cc1C(F)(F)F. The highest BCUT2D eigenvalue weighted by Gasteiger charge is 2.47.